The van der Waals surface area contributed by atoms with E-state index in [1.54, 1.807) is 0 Å². The van der Waals surface area contributed by atoms with E-state index in [2.05, 4.69) is 47.9 Å². The van der Waals surface area contributed by atoms with E-state index in [0.29, 0.717) is 0 Å². The molecule has 0 unspecified atom stereocenters. The van der Waals surface area contributed by atoms with Gasteiger partial charge in [0.15, 0.2) is 0 Å². The molecule has 0 aromatic heterocycles. The lowest BCUT2D eigenvalue weighted by Gasteiger charge is -2.27. The molecule has 0 spiro atoms. The molecular formula is C18H20N2S3. The van der Waals surface area contributed by atoms with Crippen LogP contribution in [0.5, 0.6) is 0 Å². The van der Waals surface area contributed by atoms with E-state index >= 15 is 0 Å². The molecule has 23 heavy (non-hydrogen) atoms. The van der Waals surface area contributed by atoms with E-state index in [4.69, 9.17) is 24.4 Å². The van der Waals surface area contributed by atoms with Crippen molar-refractivity contribution in [3.05, 3.63) is 60.7 Å². The van der Waals surface area contributed by atoms with Gasteiger partial charge in [-0.3, -0.25) is 0 Å². The summed E-state index contributed by atoms with van der Waals surface area (Å²) in [5.74, 6) is 0. The molecule has 0 atom stereocenters. The fraction of sp³-hybridized carbons (Fsp3) is 0.222. The van der Waals surface area contributed by atoms with Crippen LogP contribution in [0.2, 0.25) is 0 Å². The molecule has 0 bridgehead atoms. The van der Waals surface area contributed by atoms with Crippen LogP contribution in [0.1, 0.15) is 13.8 Å². The van der Waals surface area contributed by atoms with Gasteiger partial charge in [-0.25, -0.2) is 0 Å². The van der Waals surface area contributed by atoms with Crippen LogP contribution in [0, 0.1) is 0 Å². The van der Waals surface area contributed by atoms with Crippen molar-refractivity contribution in [1.29, 1.82) is 0 Å². The Balaban J connectivity index is 2.10. The molecule has 0 radical (unpaired) electrons. The maximum absolute atomic E-state index is 5.62. The molecule has 0 amide bonds. The van der Waals surface area contributed by atoms with E-state index in [-0.39, 0.29) is 0 Å². The lowest BCUT2D eigenvalue weighted by molar-refractivity contribution is 1.08. The quantitative estimate of drug-likeness (QED) is 0.677. The summed E-state index contributed by atoms with van der Waals surface area (Å²) < 4.78 is 1.55. The zero-order valence-corrected chi connectivity index (χ0v) is 15.8. The molecule has 0 aliphatic heterocycles. The Bertz CT molecular complexity index is 586. The molecule has 2 aromatic carbocycles. The van der Waals surface area contributed by atoms with Gasteiger partial charge in [0.1, 0.15) is 8.64 Å². The number of benzene rings is 2. The van der Waals surface area contributed by atoms with Gasteiger partial charge >= 0.3 is 0 Å². The monoisotopic (exact) mass is 360 g/mol. The summed E-state index contributed by atoms with van der Waals surface area (Å²) in [6.07, 6.45) is 0. The van der Waals surface area contributed by atoms with Gasteiger partial charge in [-0.15, -0.1) is 0 Å². The van der Waals surface area contributed by atoms with Crippen molar-refractivity contribution in [2.24, 2.45) is 0 Å². The van der Waals surface area contributed by atoms with Crippen molar-refractivity contribution in [1.82, 2.24) is 0 Å². The summed E-state index contributed by atoms with van der Waals surface area (Å²) >= 11 is 12.7. The minimum absolute atomic E-state index is 0.776. The second kappa shape index (κ2) is 9.01. The molecule has 0 saturated carbocycles. The average molecular weight is 361 g/mol. The molecule has 5 heteroatoms. The number of hydrogen-bond donors (Lipinski definition) is 0. The van der Waals surface area contributed by atoms with Gasteiger partial charge in [-0.05, 0) is 49.9 Å². The van der Waals surface area contributed by atoms with Crippen LogP contribution in [-0.2, 0) is 0 Å². The molecule has 0 N–H and O–H groups in total. The first-order chi connectivity index (χ1) is 11.2. The van der Waals surface area contributed by atoms with Crippen LogP contribution < -0.4 is 9.80 Å². The average Bonchev–Trinajstić information content (AvgIpc) is 2.58. The summed E-state index contributed by atoms with van der Waals surface area (Å²) in [6.45, 7) is 5.82. The Morgan fingerprint density at radius 2 is 1.09 bits per heavy atom. The molecule has 0 fully saturated rings. The van der Waals surface area contributed by atoms with Gasteiger partial charge in [-0.1, -0.05) is 60.8 Å². The minimum Gasteiger partial charge on any atom is -0.327 e. The third kappa shape index (κ3) is 4.77. The molecule has 0 saturated heterocycles. The van der Waals surface area contributed by atoms with Gasteiger partial charge < -0.3 is 9.80 Å². The predicted octanol–water partition coefficient (Wildman–Crippen LogP) is 5.34. The predicted molar refractivity (Wildman–Crippen MR) is 112 cm³/mol. The normalized spacial score (nSPS) is 10.2. The smallest absolute Gasteiger partial charge is 0.147 e. The van der Waals surface area contributed by atoms with E-state index in [9.17, 15) is 0 Å². The second-order valence-electron chi connectivity index (χ2n) is 4.79. The van der Waals surface area contributed by atoms with Gasteiger partial charge in [0.25, 0.3) is 0 Å². The summed E-state index contributed by atoms with van der Waals surface area (Å²) in [4.78, 5) is 4.20. The van der Waals surface area contributed by atoms with Gasteiger partial charge in [0, 0.05) is 24.5 Å². The summed E-state index contributed by atoms with van der Waals surface area (Å²) in [7, 11) is 0. The van der Waals surface area contributed by atoms with E-state index in [1.165, 1.54) is 11.8 Å². The molecule has 2 rings (SSSR count). The van der Waals surface area contributed by atoms with Crippen LogP contribution in [-0.4, -0.2) is 21.7 Å². The fourth-order valence-corrected chi connectivity index (χ4v) is 4.17. The largest absolute Gasteiger partial charge is 0.327 e. The van der Waals surface area contributed by atoms with E-state index in [0.717, 1.165) is 33.1 Å². The van der Waals surface area contributed by atoms with Crippen molar-refractivity contribution in [2.75, 3.05) is 22.9 Å². The van der Waals surface area contributed by atoms with Crippen molar-refractivity contribution < 1.29 is 0 Å². The first kappa shape index (κ1) is 17.9. The zero-order chi connectivity index (χ0) is 16.7. The topological polar surface area (TPSA) is 6.48 Å². The van der Waals surface area contributed by atoms with Crippen LogP contribution in [0.15, 0.2) is 60.7 Å². The lowest BCUT2D eigenvalue weighted by atomic mass is 10.3. The maximum atomic E-state index is 5.62. The molecule has 0 aliphatic carbocycles. The maximum Gasteiger partial charge on any atom is 0.147 e. The second-order valence-corrected chi connectivity index (χ2v) is 7.06. The number of thioether (sulfide) groups is 1. The lowest BCUT2D eigenvalue weighted by Crippen LogP contribution is -2.32. The Labute approximate surface area is 153 Å². The molecule has 120 valence electrons. The zero-order valence-electron chi connectivity index (χ0n) is 13.3. The van der Waals surface area contributed by atoms with Crippen molar-refractivity contribution in [3.8, 4) is 0 Å². The summed E-state index contributed by atoms with van der Waals surface area (Å²) in [5.41, 5.74) is 2.19. The van der Waals surface area contributed by atoms with Crippen molar-refractivity contribution in [3.63, 3.8) is 0 Å². The molecule has 2 aromatic rings. The summed E-state index contributed by atoms with van der Waals surface area (Å²) in [6, 6.07) is 20.3. The van der Waals surface area contributed by atoms with Crippen molar-refractivity contribution >= 4 is 56.2 Å². The third-order valence-electron chi connectivity index (χ3n) is 3.38. The highest BCUT2D eigenvalue weighted by atomic mass is 32.2. The van der Waals surface area contributed by atoms with Crippen LogP contribution in [0.25, 0.3) is 0 Å². The van der Waals surface area contributed by atoms with Gasteiger partial charge in [0.05, 0.1) is 0 Å². The van der Waals surface area contributed by atoms with Gasteiger partial charge in [0.2, 0.25) is 0 Å². The van der Waals surface area contributed by atoms with E-state index < -0.39 is 0 Å². The van der Waals surface area contributed by atoms with Gasteiger partial charge in [-0.2, -0.15) is 0 Å². The van der Waals surface area contributed by atoms with Crippen LogP contribution in [0.4, 0.5) is 11.4 Å². The highest BCUT2D eigenvalue weighted by Gasteiger charge is 2.17. The Morgan fingerprint density at radius 1 is 0.739 bits per heavy atom. The number of rotatable bonds is 4. The Hall–Kier alpha value is -1.43. The van der Waals surface area contributed by atoms with Crippen LogP contribution >= 0.6 is 36.2 Å². The SMILES string of the molecule is CCN(C(=S)SC(=S)N(CC)c1ccccc1)c1ccccc1. The molecule has 2 nitrogen and oxygen atoms in total. The standard InChI is InChI=1S/C18H20N2S3/c1-3-19(15-11-7-5-8-12-15)17(21)23-18(22)20(4-2)16-13-9-6-10-14-16/h5-14H,3-4H2,1-2H3. The summed E-state index contributed by atoms with van der Waals surface area (Å²) in [5, 5.41) is 0. The Morgan fingerprint density at radius 3 is 1.39 bits per heavy atom. The first-order valence-electron chi connectivity index (χ1n) is 7.58. The van der Waals surface area contributed by atoms with Crippen LogP contribution in [0.3, 0.4) is 0 Å². The highest BCUT2D eigenvalue weighted by Crippen LogP contribution is 2.24. The molecule has 0 heterocycles. The number of thiocarbonyl (C=S) groups is 2. The first-order valence-corrected chi connectivity index (χ1v) is 9.21. The minimum atomic E-state index is 0.776. The van der Waals surface area contributed by atoms with Crippen molar-refractivity contribution in [2.45, 2.75) is 13.8 Å². The molecule has 0 aliphatic rings. The highest BCUT2D eigenvalue weighted by molar-refractivity contribution is 8.38. The van der Waals surface area contributed by atoms with E-state index in [1.807, 2.05) is 36.4 Å². The number of nitrogens with zero attached hydrogens (tertiary/aromatic N) is 2. The Kier molecular flexibility index (Phi) is 7.02. The number of anilines is 2. The third-order valence-corrected chi connectivity index (χ3v) is 5.11. The number of hydrogen-bond acceptors (Lipinski definition) is 3. The number of para-hydroxylation sites is 2. The molecular weight excluding hydrogens is 340 g/mol. The fourth-order valence-electron chi connectivity index (χ4n) is 2.23.